The maximum absolute atomic E-state index is 10.7. The maximum Gasteiger partial charge on any atom is 0.166 e. The minimum atomic E-state index is -0.144. The van der Waals surface area contributed by atoms with E-state index in [1.54, 1.807) is 6.92 Å². The Kier molecular flexibility index (Phi) is 1.76. The third-order valence-electron chi connectivity index (χ3n) is 1.25. The predicted molar refractivity (Wildman–Crippen MR) is 35.2 cm³/mol. The number of aliphatic hydroxyl groups is 1. The van der Waals surface area contributed by atoms with Gasteiger partial charge in [0.05, 0.1) is 12.7 Å². The molecule has 1 N–H and O–H groups in total. The van der Waals surface area contributed by atoms with Gasteiger partial charge in [0, 0.05) is 6.08 Å². The second-order valence-corrected chi connectivity index (χ2v) is 2.07. The molecule has 3 heteroatoms. The lowest BCUT2D eigenvalue weighted by Crippen LogP contribution is -1.94. The second kappa shape index (κ2) is 2.56. The normalized spacial score (nSPS) is 18.7. The number of aliphatic hydroxyl groups excluding tert-OH is 1. The molecule has 0 aromatic carbocycles. The number of allylic oxidation sites excluding steroid dienone is 3. The van der Waals surface area contributed by atoms with Crippen LogP contribution < -0.4 is 0 Å². The highest BCUT2D eigenvalue weighted by atomic mass is 16.5. The lowest BCUT2D eigenvalue weighted by molar-refractivity contribution is -0.114. The van der Waals surface area contributed by atoms with Crippen molar-refractivity contribution in [3.8, 4) is 0 Å². The predicted octanol–water partition coefficient (Wildman–Crippen LogP) is 1.28. The first-order valence-corrected chi connectivity index (χ1v) is 2.95. The Morgan fingerprint density at radius 2 is 2.40 bits per heavy atom. The van der Waals surface area contributed by atoms with Gasteiger partial charge in [-0.2, -0.15) is 0 Å². The highest BCUT2D eigenvalue weighted by Crippen LogP contribution is 2.11. The molecule has 1 aliphatic rings. The van der Waals surface area contributed by atoms with E-state index in [-0.39, 0.29) is 18.0 Å². The van der Waals surface area contributed by atoms with Crippen LogP contribution in [0.4, 0.5) is 0 Å². The molecule has 0 fully saturated rings. The summed E-state index contributed by atoms with van der Waals surface area (Å²) in [5.41, 5.74) is 0. The van der Waals surface area contributed by atoms with Crippen molar-refractivity contribution in [2.45, 2.75) is 13.3 Å². The van der Waals surface area contributed by atoms with Crippen molar-refractivity contribution in [2.75, 3.05) is 0 Å². The van der Waals surface area contributed by atoms with Crippen LogP contribution in [0.5, 0.6) is 0 Å². The summed E-state index contributed by atoms with van der Waals surface area (Å²) in [6, 6.07) is 0. The summed E-state index contributed by atoms with van der Waals surface area (Å²) in [5, 5.41) is 9.02. The fourth-order valence-electron chi connectivity index (χ4n) is 0.628. The van der Waals surface area contributed by atoms with E-state index in [2.05, 4.69) is 0 Å². The van der Waals surface area contributed by atoms with E-state index in [0.717, 1.165) is 0 Å². The van der Waals surface area contributed by atoms with Crippen LogP contribution in [-0.2, 0) is 9.53 Å². The summed E-state index contributed by atoms with van der Waals surface area (Å²) in [5.74, 6) is 0.256. The summed E-state index contributed by atoms with van der Waals surface area (Å²) in [6.45, 7) is 1.61. The van der Waals surface area contributed by atoms with Crippen molar-refractivity contribution in [1.29, 1.82) is 0 Å². The van der Waals surface area contributed by atoms with Crippen LogP contribution in [-0.4, -0.2) is 10.9 Å². The Bertz CT molecular complexity index is 209. The van der Waals surface area contributed by atoms with E-state index >= 15 is 0 Å². The molecule has 0 aliphatic carbocycles. The van der Waals surface area contributed by atoms with Crippen LogP contribution in [0.25, 0.3) is 0 Å². The Morgan fingerprint density at radius 3 is 3.10 bits per heavy atom. The molecule has 0 bridgehead atoms. The highest BCUT2D eigenvalue weighted by molar-refractivity contribution is 5.91. The number of carbonyl (C=O) groups is 1. The van der Waals surface area contributed by atoms with Gasteiger partial charge in [0.2, 0.25) is 0 Å². The van der Waals surface area contributed by atoms with Crippen molar-refractivity contribution in [3.05, 3.63) is 23.9 Å². The molecule has 3 nitrogen and oxygen atoms in total. The van der Waals surface area contributed by atoms with Crippen molar-refractivity contribution >= 4 is 5.78 Å². The molecule has 54 valence electrons. The van der Waals surface area contributed by atoms with Gasteiger partial charge >= 0.3 is 0 Å². The molecule has 1 rings (SSSR count). The third kappa shape index (κ3) is 1.37. The maximum atomic E-state index is 10.7. The van der Waals surface area contributed by atoms with Crippen LogP contribution in [0.1, 0.15) is 13.3 Å². The first-order chi connectivity index (χ1) is 4.70. The molecule has 0 atom stereocenters. The summed E-state index contributed by atoms with van der Waals surface area (Å²) >= 11 is 0. The molecular weight excluding hydrogens is 132 g/mol. The van der Waals surface area contributed by atoms with E-state index < -0.39 is 0 Å². The van der Waals surface area contributed by atoms with Gasteiger partial charge < -0.3 is 9.84 Å². The van der Waals surface area contributed by atoms with Gasteiger partial charge in [-0.05, 0) is 6.92 Å². The lowest BCUT2D eigenvalue weighted by atomic mass is 10.2. The monoisotopic (exact) mass is 140 g/mol. The van der Waals surface area contributed by atoms with Crippen molar-refractivity contribution in [1.82, 2.24) is 0 Å². The summed E-state index contributed by atoms with van der Waals surface area (Å²) in [6.07, 6.45) is 2.62. The first kappa shape index (κ1) is 6.86. The molecular formula is C7H8O3. The van der Waals surface area contributed by atoms with Gasteiger partial charge in [0.25, 0.3) is 0 Å². The Hall–Kier alpha value is -1.25. The third-order valence-corrected chi connectivity index (χ3v) is 1.25. The molecule has 0 spiro atoms. The van der Waals surface area contributed by atoms with Gasteiger partial charge in [-0.1, -0.05) is 0 Å². The van der Waals surface area contributed by atoms with E-state index in [4.69, 9.17) is 9.84 Å². The van der Waals surface area contributed by atoms with Crippen LogP contribution in [0, 0.1) is 0 Å². The van der Waals surface area contributed by atoms with Crippen LogP contribution in [0.3, 0.4) is 0 Å². The SMILES string of the molecule is CC1=C(O)CC(=O)C=CO1. The molecule has 1 aliphatic heterocycles. The van der Waals surface area contributed by atoms with E-state index in [0.29, 0.717) is 5.76 Å². The van der Waals surface area contributed by atoms with Crippen molar-refractivity contribution in [3.63, 3.8) is 0 Å². The average Bonchev–Trinajstić information content (AvgIpc) is 1.96. The molecule has 0 aromatic rings. The van der Waals surface area contributed by atoms with Crippen molar-refractivity contribution in [2.24, 2.45) is 0 Å². The molecule has 0 unspecified atom stereocenters. The fourth-order valence-corrected chi connectivity index (χ4v) is 0.628. The number of rotatable bonds is 0. The number of carbonyl (C=O) groups excluding carboxylic acids is 1. The lowest BCUT2D eigenvalue weighted by Gasteiger charge is -1.98. The molecule has 1 heterocycles. The molecule has 0 radical (unpaired) electrons. The van der Waals surface area contributed by atoms with Gasteiger partial charge in [-0.15, -0.1) is 0 Å². The Morgan fingerprint density at radius 1 is 1.70 bits per heavy atom. The smallest absolute Gasteiger partial charge is 0.166 e. The second-order valence-electron chi connectivity index (χ2n) is 2.07. The van der Waals surface area contributed by atoms with Crippen LogP contribution >= 0.6 is 0 Å². The first-order valence-electron chi connectivity index (χ1n) is 2.95. The Balaban J connectivity index is 2.83. The zero-order chi connectivity index (χ0) is 7.56. The number of ether oxygens (including phenoxy) is 1. The number of ketones is 1. The van der Waals surface area contributed by atoms with Gasteiger partial charge in [-0.25, -0.2) is 0 Å². The van der Waals surface area contributed by atoms with Gasteiger partial charge in [-0.3, -0.25) is 4.79 Å². The highest BCUT2D eigenvalue weighted by Gasteiger charge is 2.08. The zero-order valence-electron chi connectivity index (χ0n) is 5.63. The van der Waals surface area contributed by atoms with Crippen LogP contribution in [0.15, 0.2) is 23.9 Å². The standard InChI is InChI=1S/C7H8O3/c1-5-7(9)4-6(8)2-3-10-5/h2-3,9H,4H2,1H3. The number of hydrogen-bond acceptors (Lipinski definition) is 3. The largest absolute Gasteiger partial charge is 0.508 e. The Labute approximate surface area is 58.6 Å². The zero-order valence-corrected chi connectivity index (χ0v) is 5.63. The molecule has 0 saturated carbocycles. The molecule has 10 heavy (non-hydrogen) atoms. The molecule has 0 amide bonds. The summed E-state index contributed by atoms with van der Waals surface area (Å²) in [7, 11) is 0. The quantitative estimate of drug-likeness (QED) is 0.551. The topological polar surface area (TPSA) is 46.5 Å². The molecule has 0 aromatic heterocycles. The van der Waals surface area contributed by atoms with Crippen LogP contribution in [0.2, 0.25) is 0 Å². The summed E-state index contributed by atoms with van der Waals surface area (Å²) < 4.78 is 4.81. The molecule has 0 saturated heterocycles. The van der Waals surface area contributed by atoms with E-state index in [1.807, 2.05) is 0 Å². The minimum absolute atomic E-state index is 0.00926. The fraction of sp³-hybridized carbons (Fsp3) is 0.286. The van der Waals surface area contributed by atoms with Gasteiger partial charge in [0.15, 0.2) is 5.78 Å². The van der Waals surface area contributed by atoms with Gasteiger partial charge in [0.1, 0.15) is 11.5 Å². The average molecular weight is 140 g/mol. The van der Waals surface area contributed by atoms with E-state index in [9.17, 15) is 4.79 Å². The van der Waals surface area contributed by atoms with Crippen molar-refractivity contribution < 1.29 is 14.6 Å². The number of hydrogen-bond donors (Lipinski definition) is 1. The van der Waals surface area contributed by atoms with E-state index in [1.165, 1.54) is 12.3 Å². The minimum Gasteiger partial charge on any atom is -0.508 e. The summed E-state index contributed by atoms with van der Waals surface area (Å²) in [4.78, 5) is 10.7.